The molecule has 20 heavy (non-hydrogen) atoms. The molecular weight excluding hydrogens is 248 g/mol. The molecule has 0 atom stereocenters. The van der Waals surface area contributed by atoms with E-state index in [0.717, 1.165) is 18.4 Å². The number of nitrogens with zero attached hydrogens (tertiary/aromatic N) is 1. The average molecular weight is 264 g/mol. The zero-order valence-corrected chi connectivity index (χ0v) is 11.1. The molecule has 0 heterocycles. The number of carbonyl (C=O) groups is 1. The molecule has 2 aromatic carbocycles. The van der Waals surface area contributed by atoms with E-state index in [0.29, 0.717) is 0 Å². The van der Waals surface area contributed by atoms with Gasteiger partial charge in [-0.05, 0) is 29.5 Å². The van der Waals surface area contributed by atoms with E-state index < -0.39 is 0 Å². The summed E-state index contributed by atoms with van der Waals surface area (Å²) in [7, 11) is 0. The van der Waals surface area contributed by atoms with Crippen molar-refractivity contribution >= 4 is 12.1 Å². The summed E-state index contributed by atoms with van der Waals surface area (Å²) in [6, 6.07) is 18.3. The van der Waals surface area contributed by atoms with Crippen molar-refractivity contribution < 1.29 is 4.79 Å². The normalized spacial score (nSPS) is 14.4. The van der Waals surface area contributed by atoms with Gasteiger partial charge in [-0.15, -0.1) is 0 Å². The van der Waals surface area contributed by atoms with Crippen LogP contribution in [-0.2, 0) is 4.79 Å². The first kappa shape index (κ1) is 12.6. The van der Waals surface area contributed by atoms with Crippen molar-refractivity contribution in [1.82, 2.24) is 5.43 Å². The van der Waals surface area contributed by atoms with Gasteiger partial charge in [0.25, 0.3) is 0 Å². The Bertz CT molecular complexity index is 613. The van der Waals surface area contributed by atoms with Gasteiger partial charge in [-0.3, -0.25) is 4.79 Å². The summed E-state index contributed by atoms with van der Waals surface area (Å²) in [4.78, 5) is 11.4. The Morgan fingerprint density at radius 1 is 1.00 bits per heavy atom. The van der Waals surface area contributed by atoms with E-state index in [-0.39, 0.29) is 11.8 Å². The first-order valence-electron chi connectivity index (χ1n) is 6.81. The van der Waals surface area contributed by atoms with Crippen molar-refractivity contribution in [2.24, 2.45) is 11.0 Å². The summed E-state index contributed by atoms with van der Waals surface area (Å²) in [5.74, 6) is 0.217. The fourth-order valence-electron chi connectivity index (χ4n) is 2.00. The van der Waals surface area contributed by atoms with E-state index in [1.54, 1.807) is 6.21 Å². The maximum absolute atomic E-state index is 11.4. The van der Waals surface area contributed by atoms with Crippen LogP contribution in [0.5, 0.6) is 0 Å². The number of carbonyl (C=O) groups excluding carboxylic acids is 1. The second-order valence-electron chi connectivity index (χ2n) is 5.00. The zero-order chi connectivity index (χ0) is 13.8. The van der Waals surface area contributed by atoms with Gasteiger partial charge in [-0.1, -0.05) is 54.6 Å². The maximum atomic E-state index is 11.4. The molecule has 0 spiro atoms. The van der Waals surface area contributed by atoms with Gasteiger partial charge in [-0.2, -0.15) is 5.10 Å². The molecule has 0 radical (unpaired) electrons. The number of rotatable bonds is 4. The third kappa shape index (κ3) is 3.12. The average Bonchev–Trinajstić information content (AvgIpc) is 3.33. The molecule has 1 saturated carbocycles. The van der Waals surface area contributed by atoms with Crippen LogP contribution >= 0.6 is 0 Å². The molecule has 1 aliphatic carbocycles. The Morgan fingerprint density at radius 3 is 2.30 bits per heavy atom. The molecule has 2 aromatic rings. The lowest BCUT2D eigenvalue weighted by atomic mass is 10.0. The predicted octanol–water partition coefficient (Wildman–Crippen LogP) is 3.21. The quantitative estimate of drug-likeness (QED) is 0.668. The SMILES string of the molecule is O=C(NN=Cc1ccc(-c2ccccc2)cc1)C1CC1. The fourth-order valence-corrected chi connectivity index (χ4v) is 2.00. The minimum atomic E-state index is 0.0298. The van der Waals surface area contributed by atoms with Crippen LogP contribution in [0.2, 0.25) is 0 Å². The van der Waals surface area contributed by atoms with E-state index in [2.05, 4.69) is 34.8 Å². The molecule has 3 heteroatoms. The highest BCUT2D eigenvalue weighted by Crippen LogP contribution is 2.28. The van der Waals surface area contributed by atoms with Gasteiger partial charge < -0.3 is 0 Å². The first-order chi connectivity index (χ1) is 9.83. The summed E-state index contributed by atoms with van der Waals surface area (Å²) < 4.78 is 0. The first-order valence-corrected chi connectivity index (χ1v) is 6.81. The largest absolute Gasteiger partial charge is 0.273 e. The second kappa shape index (κ2) is 5.70. The van der Waals surface area contributed by atoms with Crippen molar-refractivity contribution in [2.75, 3.05) is 0 Å². The minimum absolute atomic E-state index is 0.0298. The number of hydrazone groups is 1. The van der Waals surface area contributed by atoms with Crippen molar-refractivity contribution in [1.29, 1.82) is 0 Å². The summed E-state index contributed by atoms with van der Waals surface area (Å²) in [5, 5.41) is 3.98. The van der Waals surface area contributed by atoms with Crippen LogP contribution in [0.1, 0.15) is 18.4 Å². The summed E-state index contributed by atoms with van der Waals surface area (Å²) in [6.07, 6.45) is 3.66. The Labute approximate surface area is 118 Å². The van der Waals surface area contributed by atoms with Gasteiger partial charge in [0.1, 0.15) is 0 Å². The summed E-state index contributed by atoms with van der Waals surface area (Å²) >= 11 is 0. The number of nitrogens with one attached hydrogen (secondary N) is 1. The van der Waals surface area contributed by atoms with Crippen molar-refractivity contribution in [3.05, 3.63) is 60.2 Å². The van der Waals surface area contributed by atoms with Crippen molar-refractivity contribution in [3.63, 3.8) is 0 Å². The van der Waals surface area contributed by atoms with Gasteiger partial charge in [0, 0.05) is 5.92 Å². The molecule has 0 aliphatic heterocycles. The van der Waals surface area contributed by atoms with Gasteiger partial charge >= 0.3 is 0 Å². The van der Waals surface area contributed by atoms with E-state index in [1.165, 1.54) is 11.1 Å². The number of amides is 1. The topological polar surface area (TPSA) is 41.5 Å². The molecular formula is C17H16N2O. The number of hydrogen-bond acceptors (Lipinski definition) is 2. The zero-order valence-electron chi connectivity index (χ0n) is 11.1. The van der Waals surface area contributed by atoms with Crippen LogP contribution in [0.15, 0.2) is 59.7 Å². The molecule has 100 valence electrons. The van der Waals surface area contributed by atoms with E-state index >= 15 is 0 Å². The number of benzene rings is 2. The van der Waals surface area contributed by atoms with Crippen LogP contribution in [-0.4, -0.2) is 12.1 Å². The van der Waals surface area contributed by atoms with E-state index in [1.807, 2.05) is 30.3 Å². The van der Waals surface area contributed by atoms with Gasteiger partial charge in [0.2, 0.25) is 5.91 Å². The van der Waals surface area contributed by atoms with Crippen LogP contribution in [0.3, 0.4) is 0 Å². The molecule has 1 fully saturated rings. The van der Waals surface area contributed by atoms with Crippen LogP contribution in [0.25, 0.3) is 11.1 Å². The van der Waals surface area contributed by atoms with E-state index in [9.17, 15) is 4.79 Å². The fraction of sp³-hybridized carbons (Fsp3) is 0.176. The molecule has 1 aliphatic rings. The Hall–Kier alpha value is -2.42. The lowest BCUT2D eigenvalue weighted by Gasteiger charge is -2.01. The summed E-state index contributed by atoms with van der Waals surface area (Å²) in [5.41, 5.74) is 5.91. The molecule has 0 saturated heterocycles. The molecule has 3 nitrogen and oxygen atoms in total. The Morgan fingerprint density at radius 2 is 1.65 bits per heavy atom. The third-order valence-corrected chi connectivity index (χ3v) is 3.35. The molecule has 1 amide bonds. The van der Waals surface area contributed by atoms with Gasteiger partial charge in [-0.25, -0.2) is 5.43 Å². The standard InChI is InChI=1S/C17H16N2O/c20-17(16-10-11-16)19-18-12-13-6-8-15(9-7-13)14-4-2-1-3-5-14/h1-9,12,16H,10-11H2,(H,19,20). The Balaban J connectivity index is 1.64. The van der Waals surface area contributed by atoms with Crippen molar-refractivity contribution in [3.8, 4) is 11.1 Å². The molecule has 3 rings (SSSR count). The lowest BCUT2D eigenvalue weighted by molar-refractivity contribution is -0.122. The molecule has 0 bridgehead atoms. The van der Waals surface area contributed by atoms with E-state index in [4.69, 9.17) is 0 Å². The lowest BCUT2D eigenvalue weighted by Crippen LogP contribution is -2.18. The van der Waals surface area contributed by atoms with Crippen LogP contribution in [0.4, 0.5) is 0 Å². The molecule has 0 aromatic heterocycles. The predicted molar refractivity (Wildman–Crippen MR) is 80.3 cm³/mol. The highest BCUT2D eigenvalue weighted by Gasteiger charge is 2.29. The smallest absolute Gasteiger partial charge is 0.243 e. The molecule has 1 N–H and O–H groups in total. The van der Waals surface area contributed by atoms with Crippen LogP contribution in [0, 0.1) is 5.92 Å². The van der Waals surface area contributed by atoms with Gasteiger partial charge in [0.15, 0.2) is 0 Å². The minimum Gasteiger partial charge on any atom is -0.273 e. The number of hydrogen-bond donors (Lipinski definition) is 1. The monoisotopic (exact) mass is 264 g/mol. The highest BCUT2D eigenvalue weighted by molar-refractivity contribution is 5.84. The van der Waals surface area contributed by atoms with Crippen molar-refractivity contribution in [2.45, 2.75) is 12.8 Å². The van der Waals surface area contributed by atoms with Gasteiger partial charge in [0.05, 0.1) is 6.21 Å². The third-order valence-electron chi connectivity index (χ3n) is 3.35. The van der Waals surface area contributed by atoms with Crippen LogP contribution < -0.4 is 5.43 Å². The second-order valence-corrected chi connectivity index (χ2v) is 5.00. The highest BCUT2D eigenvalue weighted by atomic mass is 16.2. The Kier molecular flexibility index (Phi) is 3.59. The molecule has 0 unspecified atom stereocenters. The summed E-state index contributed by atoms with van der Waals surface area (Å²) in [6.45, 7) is 0. The maximum Gasteiger partial charge on any atom is 0.243 e.